The summed E-state index contributed by atoms with van der Waals surface area (Å²) in [5.74, 6) is -0.116. The van der Waals surface area contributed by atoms with Crippen LogP contribution in [0, 0.1) is 5.92 Å². The van der Waals surface area contributed by atoms with E-state index in [0.717, 1.165) is 19.4 Å². The second-order valence-corrected chi connectivity index (χ2v) is 6.40. The van der Waals surface area contributed by atoms with Crippen LogP contribution in [0.4, 0.5) is 5.69 Å². The molecule has 0 aliphatic carbocycles. The summed E-state index contributed by atoms with van der Waals surface area (Å²) >= 11 is 6.33. The molecule has 1 aliphatic rings. The lowest BCUT2D eigenvalue weighted by Crippen LogP contribution is -2.38. The van der Waals surface area contributed by atoms with Gasteiger partial charge in [-0.25, -0.2) is 0 Å². The Kier molecular flexibility index (Phi) is 4.85. The van der Waals surface area contributed by atoms with E-state index < -0.39 is 0 Å². The van der Waals surface area contributed by atoms with Gasteiger partial charge in [0.2, 0.25) is 5.91 Å². The van der Waals surface area contributed by atoms with Crippen molar-refractivity contribution in [3.8, 4) is 5.69 Å². The third kappa shape index (κ3) is 3.43. The highest BCUT2D eigenvalue weighted by atomic mass is 35.5. The lowest BCUT2D eigenvalue weighted by atomic mass is 9.94. The number of halogens is 1. The second kappa shape index (κ2) is 7.05. The van der Waals surface area contributed by atoms with E-state index in [4.69, 9.17) is 17.3 Å². The zero-order chi connectivity index (χ0) is 17.1. The van der Waals surface area contributed by atoms with Crippen LogP contribution in [-0.2, 0) is 4.79 Å². The molecule has 0 radical (unpaired) electrons. The van der Waals surface area contributed by atoms with Crippen LogP contribution in [0.2, 0.25) is 5.02 Å². The summed E-state index contributed by atoms with van der Waals surface area (Å²) in [6.07, 6.45) is 3.84. The number of amides is 1. The van der Waals surface area contributed by atoms with Crippen LogP contribution < -0.4 is 16.2 Å². The van der Waals surface area contributed by atoms with Crippen LogP contribution >= 0.6 is 11.6 Å². The second-order valence-electron chi connectivity index (χ2n) is 6.02. The molecule has 1 atom stereocenters. The van der Waals surface area contributed by atoms with Crippen LogP contribution in [0.15, 0.2) is 41.3 Å². The molecule has 1 unspecified atom stereocenters. The average Bonchev–Trinajstić information content (AvgIpc) is 2.58. The van der Waals surface area contributed by atoms with Gasteiger partial charge >= 0.3 is 0 Å². The number of para-hydroxylation sites is 1. The number of hydrogen-bond donors (Lipinski definition) is 1. The average molecular weight is 347 g/mol. The Balaban J connectivity index is 1.88. The first kappa shape index (κ1) is 16.5. The maximum Gasteiger partial charge on any atom is 0.292 e. The molecule has 1 aromatic heterocycles. The maximum atomic E-state index is 12.6. The smallest absolute Gasteiger partial charge is 0.292 e. The number of carbonyl (C=O) groups excluding carboxylic acids is 1. The Hall–Kier alpha value is -2.34. The van der Waals surface area contributed by atoms with Crippen LogP contribution in [0.25, 0.3) is 5.69 Å². The molecule has 1 aromatic carbocycles. The number of aromatic nitrogens is 2. The first-order valence-corrected chi connectivity index (χ1v) is 8.30. The van der Waals surface area contributed by atoms with Crippen molar-refractivity contribution < 1.29 is 4.79 Å². The lowest BCUT2D eigenvalue weighted by molar-refractivity contribution is -0.118. The third-order valence-corrected chi connectivity index (χ3v) is 4.61. The SMILES string of the molecule is NC(=O)CC1CCCN(c2cnn(-c3ccccc3)c(=O)c2Cl)C1. The summed E-state index contributed by atoms with van der Waals surface area (Å²) in [6, 6.07) is 9.15. The summed E-state index contributed by atoms with van der Waals surface area (Å²) in [5.41, 5.74) is 6.23. The molecule has 7 heteroatoms. The number of carbonyl (C=O) groups is 1. The zero-order valence-electron chi connectivity index (χ0n) is 13.2. The number of piperidine rings is 1. The van der Waals surface area contributed by atoms with Gasteiger partial charge in [0.15, 0.2) is 0 Å². The molecule has 2 aromatic rings. The first-order valence-electron chi connectivity index (χ1n) is 7.93. The van der Waals surface area contributed by atoms with E-state index in [2.05, 4.69) is 5.10 Å². The molecule has 1 saturated heterocycles. The standard InChI is InChI=1S/C17H19ClN4O2/c18-16-14(21-8-4-5-12(11-21)9-15(19)23)10-20-22(17(16)24)13-6-2-1-3-7-13/h1-3,6-7,10,12H,4-5,8-9,11H2,(H2,19,23). The number of nitrogens with two attached hydrogens (primary N) is 1. The van der Waals surface area contributed by atoms with Gasteiger partial charge in [-0.05, 0) is 30.9 Å². The molecular formula is C17H19ClN4O2. The minimum Gasteiger partial charge on any atom is -0.370 e. The van der Waals surface area contributed by atoms with Crippen LogP contribution in [0.5, 0.6) is 0 Å². The minimum absolute atomic E-state index is 0.147. The molecule has 1 fully saturated rings. The maximum absolute atomic E-state index is 12.6. The largest absolute Gasteiger partial charge is 0.370 e. The zero-order valence-corrected chi connectivity index (χ0v) is 13.9. The monoisotopic (exact) mass is 346 g/mol. The molecule has 2 heterocycles. The fourth-order valence-corrected chi connectivity index (χ4v) is 3.38. The molecule has 24 heavy (non-hydrogen) atoms. The fraction of sp³-hybridized carbons (Fsp3) is 0.353. The predicted octanol–water partition coefficient (Wildman–Crippen LogP) is 1.98. The Morgan fingerprint density at radius 2 is 2.08 bits per heavy atom. The van der Waals surface area contributed by atoms with E-state index in [1.807, 2.05) is 23.1 Å². The molecule has 0 saturated carbocycles. The molecule has 3 rings (SSSR count). The van der Waals surface area contributed by atoms with Gasteiger partial charge in [-0.2, -0.15) is 9.78 Å². The van der Waals surface area contributed by atoms with E-state index >= 15 is 0 Å². The fourth-order valence-electron chi connectivity index (χ4n) is 3.13. The van der Waals surface area contributed by atoms with Crippen molar-refractivity contribution >= 4 is 23.2 Å². The van der Waals surface area contributed by atoms with Gasteiger partial charge in [0, 0.05) is 19.5 Å². The van der Waals surface area contributed by atoms with Gasteiger partial charge in [0.25, 0.3) is 5.56 Å². The van der Waals surface area contributed by atoms with E-state index in [-0.39, 0.29) is 22.4 Å². The van der Waals surface area contributed by atoms with Crippen molar-refractivity contribution in [3.05, 3.63) is 51.9 Å². The molecule has 1 amide bonds. The Morgan fingerprint density at radius 3 is 2.79 bits per heavy atom. The summed E-state index contributed by atoms with van der Waals surface area (Å²) in [4.78, 5) is 25.7. The summed E-state index contributed by atoms with van der Waals surface area (Å²) in [6.45, 7) is 1.44. The van der Waals surface area contributed by atoms with E-state index in [1.165, 1.54) is 4.68 Å². The Morgan fingerprint density at radius 1 is 1.33 bits per heavy atom. The van der Waals surface area contributed by atoms with E-state index in [1.54, 1.807) is 18.3 Å². The van der Waals surface area contributed by atoms with Crippen LogP contribution in [0.3, 0.4) is 0 Å². The molecule has 2 N–H and O–H groups in total. The van der Waals surface area contributed by atoms with Gasteiger partial charge in [-0.1, -0.05) is 29.8 Å². The third-order valence-electron chi connectivity index (χ3n) is 4.25. The molecule has 6 nitrogen and oxygen atoms in total. The van der Waals surface area contributed by atoms with Crippen molar-refractivity contribution in [1.82, 2.24) is 9.78 Å². The van der Waals surface area contributed by atoms with Crippen molar-refractivity contribution in [2.24, 2.45) is 11.7 Å². The molecule has 0 spiro atoms. The highest BCUT2D eigenvalue weighted by molar-refractivity contribution is 6.33. The first-order chi connectivity index (χ1) is 11.6. The minimum atomic E-state index is -0.350. The highest BCUT2D eigenvalue weighted by Crippen LogP contribution is 2.28. The molecule has 0 bridgehead atoms. The van der Waals surface area contributed by atoms with Crippen molar-refractivity contribution in [3.63, 3.8) is 0 Å². The van der Waals surface area contributed by atoms with E-state index in [0.29, 0.717) is 24.3 Å². The van der Waals surface area contributed by atoms with Crippen molar-refractivity contribution in [1.29, 1.82) is 0 Å². The normalized spacial score (nSPS) is 17.7. The van der Waals surface area contributed by atoms with E-state index in [9.17, 15) is 9.59 Å². The molecule has 126 valence electrons. The lowest BCUT2D eigenvalue weighted by Gasteiger charge is -2.34. The molecular weight excluding hydrogens is 328 g/mol. The van der Waals surface area contributed by atoms with Crippen LogP contribution in [-0.4, -0.2) is 28.8 Å². The Bertz CT molecular complexity index is 791. The van der Waals surface area contributed by atoms with Gasteiger partial charge in [0.1, 0.15) is 5.02 Å². The summed E-state index contributed by atoms with van der Waals surface area (Å²) in [7, 11) is 0. The number of primary amides is 1. The van der Waals surface area contributed by atoms with Gasteiger partial charge < -0.3 is 10.6 Å². The number of anilines is 1. The van der Waals surface area contributed by atoms with Gasteiger partial charge in [-0.15, -0.1) is 0 Å². The van der Waals surface area contributed by atoms with Gasteiger partial charge in [0.05, 0.1) is 17.6 Å². The van der Waals surface area contributed by atoms with Crippen molar-refractivity contribution in [2.75, 3.05) is 18.0 Å². The number of benzene rings is 1. The van der Waals surface area contributed by atoms with Crippen LogP contribution in [0.1, 0.15) is 19.3 Å². The summed E-state index contributed by atoms with van der Waals surface area (Å²) < 4.78 is 1.29. The molecule has 1 aliphatic heterocycles. The quantitative estimate of drug-likeness (QED) is 0.917. The topological polar surface area (TPSA) is 81.2 Å². The number of rotatable bonds is 4. The predicted molar refractivity (Wildman–Crippen MR) is 93.6 cm³/mol. The summed E-state index contributed by atoms with van der Waals surface area (Å²) in [5, 5.41) is 4.40. The van der Waals surface area contributed by atoms with Gasteiger partial charge in [-0.3, -0.25) is 9.59 Å². The number of nitrogens with zero attached hydrogens (tertiary/aromatic N) is 3. The Labute approximate surface area is 144 Å². The highest BCUT2D eigenvalue weighted by Gasteiger charge is 2.24. The number of hydrogen-bond acceptors (Lipinski definition) is 4. The van der Waals surface area contributed by atoms with Crippen molar-refractivity contribution in [2.45, 2.75) is 19.3 Å².